The van der Waals surface area contributed by atoms with Crippen LogP contribution in [0.5, 0.6) is 0 Å². The van der Waals surface area contributed by atoms with Gasteiger partial charge in [0.1, 0.15) is 0 Å². The lowest BCUT2D eigenvalue weighted by molar-refractivity contribution is -0.141. The van der Waals surface area contributed by atoms with Crippen LogP contribution in [0.1, 0.15) is 55.9 Å². The molecular weight excluding hydrogens is 258 g/mol. The number of ether oxygens (including phenoxy) is 1. The monoisotopic (exact) mass is 281 g/mol. The van der Waals surface area contributed by atoms with Gasteiger partial charge in [0, 0.05) is 10.9 Å². The van der Waals surface area contributed by atoms with Crippen molar-refractivity contribution in [3.63, 3.8) is 0 Å². The van der Waals surface area contributed by atoms with Gasteiger partial charge in [-0.3, -0.25) is 4.79 Å². The normalized spacial score (nSPS) is 18.8. The maximum absolute atomic E-state index is 11.6. The molecule has 0 amide bonds. The van der Waals surface area contributed by atoms with E-state index >= 15 is 0 Å². The fraction of sp³-hybridized carbons (Fsp3) is 0.667. The van der Waals surface area contributed by atoms with Gasteiger partial charge in [-0.15, -0.1) is 11.3 Å². The summed E-state index contributed by atoms with van der Waals surface area (Å²) in [6, 6.07) is 4.79. The first-order valence-corrected chi connectivity index (χ1v) is 8.04. The van der Waals surface area contributed by atoms with Crippen molar-refractivity contribution in [1.82, 2.24) is 5.32 Å². The summed E-state index contributed by atoms with van der Waals surface area (Å²) in [6.07, 6.45) is 8.16. The van der Waals surface area contributed by atoms with Crippen molar-refractivity contribution in [2.24, 2.45) is 0 Å². The zero-order valence-corrected chi connectivity index (χ0v) is 12.4. The lowest BCUT2D eigenvalue weighted by atomic mass is 10.1. The van der Waals surface area contributed by atoms with Gasteiger partial charge in [-0.25, -0.2) is 0 Å². The summed E-state index contributed by atoms with van der Waals surface area (Å²) in [7, 11) is 1.46. The molecule has 1 heterocycles. The fourth-order valence-corrected chi connectivity index (χ4v) is 3.50. The van der Waals surface area contributed by atoms with Crippen LogP contribution in [0.15, 0.2) is 17.5 Å². The van der Waals surface area contributed by atoms with Gasteiger partial charge >= 0.3 is 5.97 Å². The molecule has 1 fully saturated rings. The van der Waals surface area contributed by atoms with Crippen molar-refractivity contribution in [2.75, 3.05) is 7.11 Å². The molecule has 1 atom stereocenters. The molecule has 0 aromatic carbocycles. The Morgan fingerprint density at radius 2 is 2.16 bits per heavy atom. The molecule has 1 aliphatic carbocycles. The third-order valence-corrected chi connectivity index (χ3v) is 4.76. The average Bonchev–Trinajstić information content (AvgIpc) is 2.83. The van der Waals surface area contributed by atoms with Crippen LogP contribution < -0.4 is 5.32 Å². The first-order chi connectivity index (χ1) is 9.29. The van der Waals surface area contributed by atoms with Crippen molar-refractivity contribution in [1.29, 1.82) is 0 Å². The van der Waals surface area contributed by atoms with Crippen molar-refractivity contribution in [2.45, 2.75) is 57.0 Å². The molecule has 2 rings (SSSR count). The number of thiophene rings is 1. The van der Waals surface area contributed by atoms with E-state index in [9.17, 15) is 4.79 Å². The highest BCUT2D eigenvalue weighted by molar-refractivity contribution is 7.10. The number of rotatable bonds is 5. The summed E-state index contributed by atoms with van der Waals surface area (Å²) in [5.41, 5.74) is 0. The Balaban J connectivity index is 1.98. The lowest BCUT2D eigenvalue weighted by Gasteiger charge is -2.23. The summed E-state index contributed by atoms with van der Waals surface area (Å²) in [5, 5.41) is 5.74. The predicted molar refractivity (Wildman–Crippen MR) is 78.3 cm³/mol. The van der Waals surface area contributed by atoms with Gasteiger partial charge < -0.3 is 10.1 Å². The molecule has 1 aliphatic rings. The van der Waals surface area contributed by atoms with E-state index in [1.165, 1.54) is 50.5 Å². The molecule has 0 radical (unpaired) electrons. The minimum absolute atomic E-state index is 0.107. The van der Waals surface area contributed by atoms with Gasteiger partial charge in [-0.05, 0) is 24.3 Å². The quantitative estimate of drug-likeness (QED) is 0.661. The number of carbonyl (C=O) groups excluding carboxylic acids is 1. The van der Waals surface area contributed by atoms with E-state index in [-0.39, 0.29) is 12.0 Å². The third-order valence-electron chi connectivity index (χ3n) is 3.78. The first-order valence-electron chi connectivity index (χ1n) is 7.16. The zero-order valence-electron chi connectivity index (χ0n) is 11.6. The van der Waals surface area contributed by atoms with E-state index in [0.717, 1.165) is 0 Å². The Morgan fingerprint density at radius 1 is 1.42 bits per heavy atom. The largest absolute Gasteiger partial charge is 0.469 e. The van der Waals surface area contributed by atoms with Crippen LogP contribution in [0, 0.1) is 0 Å². The molecule has 1 N–H and O–H groups in total. The standard InChI is InChI=1S/C15H23NO2S/c1-18-15(17)11-13(14-9-6-10-19-14)16-12-7-4-2-3-5-8-12/h6,9-10,12-13,16H,2-5,7-8,11H2,1H3. The van der Waals surface area contributed by atoms with Gasteiger partial charge in [0.2, 0.25) is 0 Å². The van der Waals surface area contributed by atoms with Crippen LogP contribution in [0.25, 0.3) is 0 Å². The van der Waals surface area contributed by atoms with E-state index in [1.807, 2.05) is 6.07 Å². The molecule has 0 spiro atoms. The van der Waals surface area contributed by atoms with Gasteiger partial charge in [0.15, 0.2) is 0 Å². The molecule has 1 aromatic heterocycles. The molecule has 0 saturated heterocycles. The summed E-state index contributed by atoms with van der Waals surface area (Å²) in [4.78, 5) is 12.8. The molecule has 1 saturated carbocycles. The maximum Gasteiger partial charge on any atom is 0.307 e. The van der Waals surface area contributed by atoms with E-state index in [1.54, 1.807) is 11.3 Å². The SMILES string of the molecule is COC(=O)CC(NC1CCCCCC1)c1cccs1. The fourth-order valence-electron chi connectivity index (χ4n) is 2.71. The minimum atomic E-state index is -0.139. The highest BCUT2D eigenvalue weighted by Gasteiger charge is 2.21. The van der Waals surface area contributed by atoms with Gasteiger partial charge in [-0.1, -0.05) is 31.7 Å². The number of nitrogens with one attached hydrogen (secondary N) is 1. The van der Waals surface area contributed by atoms with Crippen molar-refractivity contribution in [3.8, 4) is 0 Å². The Morgan fingerprint density at radius 3 is 2.74 bits per heavy atom. The second-order valence-electron chi connectivity index (χ2n) is 5.20. The molecule has 19 heavy (non-hydrogen) atoms. The number of hydrogen-bond donors (Lipinski definition) is 1. The number of carbonyl (C=O) groups is 1. The second kappa shape index (κ2) is 7.65. The first kappa shape index (κ1) is 14.5. The van der Waals surface area contributed by atoms with E-state index < -0.39 is 0 Å². The van der Waals surface area contributed by atoms with E-state index in [0.29, 0.717) is 12.5 Å². The number of esters is 1. The van der Waals surface area contributed by atoms with Crippen LogP contribution in [0.3, 0.4) is 0 Å². The molecular formula is C15H23NO2S. The van der Waals surface area contributed by atoms with Gasteiger partial charge in [0.25, 0.3) is 0 Å². The third kappa shape index (κ3) is 4.62. The maximum atomic E-state index is 11.6. The molecule has 106 valence electrons. The van der Waals surface area contributed by atoms with Crippen molar-refractivity contribution < 1.29 is 9.53 Å². The Bertz CT molecular complexity index is 370. The van der Waals surface area contributed by atoms with Crippen molar-refractivity contribution >= 4 is 17.3 Å². The topological polar surface area (TPSA) is 38.3 Å². The molecule has 4 heteroatoms. The second-order valence-corrected chi connectivity index (χ2v) is 6.18. The summed E-state index contributed by atoms with van der Waals surface area (Å²) >= 11 is 1.71. The molecule has 0 aliphatic heterocycles. The van der Waals surface area contributed by atoms with Crippen LogP contribution in [0.2, 0.25) is 0 Å². The van der Waals surface area contributed by atoms with Crippen LogP contribution in [-0.2, 0) is 9.53 Å². The van der Waals surface area contributed by atoms with Crippen molar-refractivity contribution in [3.05, 3.63) is 22.4 Å². The highest BCUT2D eigenvalue weighted by atomic mass is 32.1. The predicted octanol–water partition coefficient (Wildman–Crippen LogP) is 3.66. The van der Waals surface area contributed by atoms with Crippen LogP contribution in [0.4, 0.5) is 0 Å². The summed E-state index contributed by atoms with van der Waals surface area (Å²) < 4.78 is 4.82. The number of hydrogen-bond acceptors (Lipinski definition) is 4. The lowest BCUT2D eigenvalue weighted by Crippen LogP contribution is -2.33. The highest BCUT2D eigenvalue weighted by Crippen LogP contribution is 2.26. The Hall–Kier alpha value is -0.870. The van der Waals surface area contributed by atoms with Crippen LogP contribution in [-0.4, -0.2) is 19.1 Å². The zero-order chi connectivity index (χ0) is 13.5. The molecule has 1 aromatic rings. The van der Waals surface area contributed by atoms with Gasteiger partial charge in [-0.2, -0.15) is 0 Å². The summed E-state index contributed by atoms with van der Waals surface area (Å²) in [6.45, 7) is 0. The molecule has 0 bridgehead atoms. The van der Waals surface area contributed by atoms with Crippen LogP contribution >= 0.6 is 11.3 Å². The Kier molecular flexibility index (Phi) is 5.86. The average molecular weight is 281 g/mol. The minimum Gasteiger partial charge on any atom is -0.469 e. The molecule has 3 nitrogen and oxygen atoms in total. The smallest absolute Gasteiger partial charge is 0.307 e. The Labute approximate surface area is 119 Å². The number of methoxy groups -OCH3 is 1. The molecule has 1 unspecified atom stereocenters. The van der Waals surface area contributed by atoms with E-state index in [2.05, 4.69) is 16.8 Å². The summed E-state index contributed by atoms with van der Waals surface area (Å²) in [5.74, 6) is -0.139. The van der Waals surface area contributed by atoms with E-state index in [4.69, 9.17) is 4.74 Å². The van der Waals surface area contributed by atoms with Gasteiger partial charge in [0.05, 0.1) is 19.6 Å².